The average molecular weight is 243 g/mol. The molecule has 0 aliphatic carbocycles. The third kappa shape index (κ3) is 4.73. The normalized spacial score (nSPS) is 16.6. The lowest BCUT2D eigenvalue weighted by Gasteiger charge is -2.26. The van der Waals surface area contributed by atoms with Gasteiger partial charge in [-0.25, -0.2) is 0 Å². The maximum atomic E-state index is 12.0. The van der Waals surface area contributed by atoms with Crippen LogP contribution < -0.4 is 0 Å². The molecule has 17 heavy (non-hydrogen) atoms. The van der Waals surface area contributed by atoms with Crippen LogP contribution in [0.4, 0.5) is 0 Å². The summed E-state index contributed by atoms with van der Waals surface area (Å²) in [7, 11) is 1.73. The number of nitrogens with zero attached hydrogens (tertiary/aromatic N) is 1. The molecule has 1 saturated heterocycles. The standard InChI is InChI=1S/C12H21NO4/c1-3-17-11(14)4-7-13(2)12(15)10-5-8-16-9-6-10/h10H,3-9H2,1-2H3. The first-order valence-corrected chi connectivity index (χ1v) is 6.13. The molecule has 98 valence electrons. The van der Waals surface area contributed by atoms with E-state index in [-0.39, 0.29) is 24.2 Å². The molecule has 1 aliphatic heterocycles. The number of carbonyl (C=O) groups is 2. The van der Waals surface area contributed by atoms with Crippen LogP contribution in [0.5, 0.6) is 0 Å². The Hall–Kier alpha value is -1.10. The monoisotopic (exact) mass is 243 g/mol. The van der Waals surface area contributed by atoms with Gasteiger partial charge in [0.2, 0.25) is 5.91 Å². The first-order chi connectivity index (χ1) is 8.15. The van der Waals surface area contributed by atoms with Gasteiger partial charge in [0, 0.05) is 32.7 Å². The largest absolute Gasteiger partial charge is 0.466 e. The van der Waals surface area contributed by atoms with Crippen LogP contribution in [-0.2, 0) is 19.1 Å². The Morgan fingerprint density at radius 1 is 1.35 bits per heavy atom. The van der Waals surface area contributed by atoms with Gasteiger partial charge in [0.15, 0.2) is 0 Å². The second kappa shape index (κ2) is 7.27. The van der Waals surface area contributed by atoms with Crippen molar-refractivity contribution in [3.05, 3.63) is 0 Å². The minimum Gasteiger partial charge on any atom is -0.466 e. The molecule has 0 aromatic heterocycles. The molecular formula is C12H21NO4. The summed E-state index contributed by atoms with van der Waals surface area (Å²) in [5, 5.41) is 0. The lowest BCUT2D eigenvalue weighted by Crippen LogP contribution is -2.37. The number of amides is 1. The summed E-state index contributed by atoms with van der Waals surface area (Å²) in [6.45, 7) is 3.89. The lowest BCUT2D eigenvalue weighted by atomic mass is 9.99. The fourth-order valence-electron chi connectivity index (χ4n) is 1.86. The summed E-state index contributed by atoms with van der Waals surface area (Å²) in [4.78, 5) is 24.8. The van der Waals surface area contributed by atoms with Gasteiger partial charge in [-0.2, -0.15) is 0 Å². The quantitative estimate of drug-likeness (QED) is 0.671. The Balaban J connectivity index is 2.28. The van der Waals surface area contributed by atoms with E-state index in [0.29, 0.717) is 26.4 Å². The van der Waals surface area contributed by atoms with E-state index in [1.54, 1.807) is 18.9 Å². The molecule has 1 heterocycles. The zero-order valence-corrected chi connectivity index (χ0v) is 10.6. The van der Waals surface area contributed by atoms with Gasteiger partial charge in [-0.3, -0.25) is 9.59 Å². The number of hydrogen-bond acceptors (Lipinski definition) is 4. The number of hydrogen-bond donors (Lipinski definition) is 0. The van der Waals surface area contributed by atoms with Crippen molar-refractivity contribution in [3.63, 3.8) is 0 Å². The van der Waals surface area contributed by atoms with Gasteiger partial charge in [-0.05, 0) is 19.8 Å². The van der Waals surface area contributed by atoms with E-state index in [4.69, 9.17) is 9.47 Å². The van der Waals surface area contributed by atoms with Crippen LogP contribution in [0.15, 0.2) is 0 Å². The molecule has 0 aromatic carbocycles. The smallest absolute Gasteiger partial charge is 0.307 e. The fraction of sp³-hybridized carbons (Fsp3) is 0.833. The highest BCUT2D eigenvalue weighted by atomic mass is 16.5. The molecule has 1 fully saturated rings. The summed E-state index contributed by atoms with van der Waals surface area (Å²) in [5.41, 5.74) is 0. The molecule has 0 bridgehead atoms. The molecule has 5 heteroatoms. The molecule has 0 saturated carbocycles. The van der Waals surface area contributed by atoms with Crippen LogP contribution >= 0.6 is 0 Å². The van der Waals surface area contributed by atoms with E-state index in [9.17, 15) is 9.59 Å². The lowest BCUT2D eigenvalue weighted by molar-refractivity contribution is -0.144. The van der Waals surface area contributed by atoms with Crippen molar-refractivity contribution in [3.8, 4) is 0 Å². The molecule has 0 N–H and O–H groups in total. The first kappa shape index (κ1) is 14.0. The highest BCUT2D eigenvalue weighted by Crippen LogP contribution is 2.17. The molecule has 1 amide bonds. The van der Waals surface area contributed by atoms with Crippen LogP contribution in [-0.4, -0.2) is 50.2 Å². The van der Waals surface area contributed by atoms with Gasteiger partial charge in [-0.15, -0.1) is 0 Å². The molecule has 0 atom stereocenters. The van der Waals surface area contributed by atoms with Gasteiger partial charge < -0.3 is 14.4 Å². The summed E-state index contributed by atoms with van der Waals surface area (Å²) >= 11 is 0. The van der Waals surface area contributed by atoms with E-state index in [1.165, 1.54) is 0 Å². The summed E-state index contributed by atoms with van der Waals surface area (Å²) in [6.07, 6.45) is 1.82. The molecule has 0 aromatic rings. The predicted octanol–water partition coefficient (Wildman–Crippen LogP) is 0.825. The van der Waals surface area contributed by atoms with E-state index in [1.807, 2.05) is 0 Å². The third-order valence-corrected chi connectivity index (χ3v) is 2.90. The van der Waals surface area contributed by atoms with Crippen LogP contribution in [0.1, 0.15) is 26.2 Å². The number of ether oxygens (including phenoxy) is 2. The SMILES string of the molecule is CCOC(=O)CCN(C)C(=O)C1CCOCC1. The summed E-state index contributed by atoms with van der Waals surface area (Å²) < 4.78 is 10.0. The Bertz CT molecular complexity index is 261. The zero-order valence-electron chi connectivity index (χ0n) is 10.6. The molecule has 0 unspecified atom stereocenters. The molecule has 5 nitrogen and oxygen atoms in total. The predicted molar refractivity (Wildman–Crippen MR) is 62.4 cm³/mol. The highest BCUT2D eigenvalue weighted by Gasteiger charge is 2.24. The number of carbonyl (C=O) groups excluding carboxylic acids is 2. The van der Waals surface area contributed by atoms with Crippen molar-refractivity contribution in [2.75, 3.05) is 33.4 Å². The maximum Gasteiger partial charge on any atom is 0.307 e. The Morgan fingerprint density at radius 3 is 2.59 bits per heavy atom. The Kier molecular flexibility index (Phi) is 5.97. The Labute approximate surface area is 102 Å². The maximum absolute atomic E-state index is 12.0. The van der Waals surface area contributed by atoms with Gasteiger partial charge >= 0.3 is 5.97 Å². The van der Waals surface area contributed by atoms with E-state index < -0.39 is 0 Å². The van der Waals surface area contributed by atoms with Crippen molar-refractivity contribution in [1.82, 2.24) is 4.90 Å². The van der Waals surface area contributed by atoms with Crippen molar-refractivity contribution in [2.24, 2.45) is 5.92 Å². The molecule has 0 spiro atoms. The van der Waals surface area contributed by atoms with Gasteiger partial charge in [-0.1, -0.05) is 0 Å². The Morgan fingerprint density at radius 2 is 2.00 bits per heavy atom. The van der Waals surface area contributed by atoms with Crippen molar-refractivity contribution in [2.45, 2.75) is 26.2 Å². The fourth-order valence-corrected chi connectivity index (χ4v) is 1.86. The van der Waals surface area contributed by atoms with Crippen molar-refractivity contribution >= 4 is 11.9 Å². The average Bonchev–Trinajstić information content (AvgIpc) is 2.36. The summed E-state index contributed by atoms with van der Waals surface area (Å²) in [5.74, 6) is -0.0901. The highest BCUT2D eigenvalue weighted by molar-refractivity contribution is 5.79. The second-order valence-corrected chi connectivity index (χ2v) is 4.20. The third-order valence-electron chi connectivity index (χ3n) is 2.90. The molecule has 1 aliphatic rings. The van der Waals surface area contributed by atoms with Crippen molar-refractivity contribution < 1.29 is 19.1 Å². The van der Waals surface area contributed by atoms with Gasteiger partial charge in [0.25, 0.3) is 0 Å². The minimum absolute atomic E-state index is 0.0518. The molecule has 0 radical (unpaired) electrons. The van der Waals surface area contributed by atoms with Crippen LogP contribution in [0.25, 0.3) is 0 Å². The van der Waals surface area contributed by atoms with E-state index in [2.05, 4.69) is 0 Å². The number of esters is 1. The van der Waals surface area contributed by atoms with Crippen molar-refractivity contribution in [1.29, 1.82) is 0 Å². The zero-order chi connectivity index (χ0) is 12.7. The molecular weight excluding hydrogens is 222 g/mol. The topological polar surface area (TPSA) is 55.8 Å². The van der Waals surface area contributed by atoms with E-state index >= 15 is 0 Å². The van der Waals surface area contributed by atoms with Gasteiger partial charge in [0.05, 0.1) is 13.0 Å². The minimum atomic E-state index is -0.251. The van der Waals surface area contributed by atoms with Crippen LogP contribution in [0.3, 0.4) is 0 Å². The second-order valence-electron chi connectivity index (χ2n) is 4.20. The van der Waals surface area contributed by atoms with Crippen LogP contribution in [0.2, 0.25) is 0 Å². The first-order valence-electron chi connectivity index (χ1n) is 6.13. The van der Waals surface area contributed by atoms with Crippen LogP contribution in [0, 0.1) is 5.92 Å². The summed E-state index contributed by atoms with van der Waals surface area (Å²) in [6, 6.07) is 0. The van der Waals surface area contributed by atoms with Gasteiger partial charge in [0.1, 0.15) is 0 Å². The molecule has 1 rings (SSSR count). The van der Waals surface area contributed by atoms with E-state index in [0.717, 1.165) is 12.8 Å². The number of rotatable bonds is 5.